The molecule has 1 aliphatic carbocycles. The number of carbonyl (C=O) groups is 2. The summed E-state index contributed by atoms with van der Waals surface area (Å²) in [5.41, 5.74) is 0. The van der Waals surface area contributed by atoms with Crippen molar-refractivity contribution in [1.29, 1.82) is 0 Å². The van der Waals surface area contributed by atoms with Gasteiger partial charge in [-0.25, -0.2) is 0 Å². The van der Waals surface area contributed by atoms with Crippen LogP contribution in [0, 0.1) is 11.8 Å². The Morgan fingerprint density at radius 1 is 1.15 bits per heavy atom. The Morgan fingerprint density at radius 3 is 2.65 bits per heavy atom. The molecule has 4 heteroatoms. The molecular weight excluding hydrogens is 328 g/mol. The van der Waals surface area contributed by atoms with Crippen LogP contribution in [0.4, 0.5) is 0 Å². The van der Waals surface area contributed by atoms with E-state index in [1.54, 1.807) is 0 Å². The van der Waals surface area contributed by atoms with Gasteiger partial charge in [0.2, 0.25) is 0 Å². The summed E-state index contributed by atoms with van der Waals surface area (Å²) in [7, 11) is 0. The highest BCUT2D eigenvalue weighted by molar-refractivity contribution is 5.84. The average Bonchev–Trinajstić information content (AvgIpc) is 2.99. The molecule has 0 heterocycles. The number of rotatable bonds is 14. The Labute approximate surface area is 158 Å². The molecule has 1 fully saturated rings. The zero-order chi connectivity index (χ0) is 19.2. The second-order valence-electron chi connectivity index (χ2n) is 7.32. The number of aliphatic hydroxyl groups is 2. The van der Waals surface area contributed by atoms with E-state index in [0.717, 1.165) is 25.7 Å². The predicted octanol–water partition coefficient (Wildman–Crippen LogP) is 4.15. The van der Waals surface area contributed by atoms with Crippen molar-refractivity contribution in [2.75, 3.05) is 6.61 Å². The van der Waals surface area contributed by atoms with Gasteiger partial charge >= 0.3 is 0 Å². The van der Waals surface area contributed by atoms with Gasteiger partial charge in [0.1, 0.15) is 11.9 Å². The lowest BCUT2D eigenvalue weighted by Gasteiger charge is -2.12. The quantitative estimate of drug-likeness (QED) is 0.359. The van der Waals surface area contributed by atoms with Crippen molar-refractivity contribution in [3.8, 4) is 0 Å². The van der Waals surface area contributed by atoms with Gasteiger partial charge < -0.3 is 10.2 Å². The summed E-state index contributed by atoms with van der Waals surface area (Å²) in [5.74, 6) is 0.545. The molecule has 0 aromatic rings. The highest BCUT2D eigenvalue weighted by Crippen LogP contribution is 2.33. The summed E-state index contributed by atoms with van der Waals surface area (Å²) in [5, 5.41) is 17.9. The van der Waals surface area contributed by atoms with Crippen LogP contribution in [-0.4, -0.2) is 34.5 Å². The van der Waals surface area contributed by atoms with E-state index in [1.807, 2.05) is 6.08 Å². The zero-order valence-electron chi connectivity index (χ0n) is 16.2. The minimum absolute atomic E-state index is 0.107. The van der Waals surface area contributed by atoms with E-state index in [-0.39, 0.29) is 18.1 Å². The molecule has 0 spiro atoms. The van der Waals surface area contributed by atoms with E-state index < -0.39 is 12.7 Å². The average molecular weight is 365 g/mol. The van der Waals surface area contributed by atoms with E-state index in [9.17, 15) is 14.7 Å². The summed E-state index contributed by atoms with van der Waals surface area (Å²) in [6.45, 7) is 1.71. The van der Waals surface area contributed by atoms with Gasteiger partial charge in [-0.1, -0.05) is 50.5 Å². The maximum atomic E-state index is 12.1. The van der Waals surface area contributed by atoms with Crippen molar-refractivity contribution in [3.05, 3.63) is 24.3 Å². The van der Waals surface area contributed by atoms with Gasteiger partial charge in [-0.15, -0.1) is 0 Å². The molecule has 3 atom stereocenters. The molecule has 4 nitrogen and oxygen atoms in total. The van der Waals surface area contributed by atoms with Crippen LogP contribution in [-0.2, 0) is 9.59 Å². The maximum Gasteiger partial charge on any atom is 0.163 e. The summed E-state index contributed by atoms with van der Waals surface area (Å²) >= 11 is 0. The van der Waals surface area contributed by atoms with E-state index in [4.69, 9.17) is 5.11 Å². The molecule has 0 aromatic carbocycles. The monoisotopic (exact) mass is 364 g/mol. The Bertz CT molecular complexity index is 467. The zero-order valence-corrected chi connectivity index (χ0v) is 16.2. The van der Waals surface area contributed by atoms with Crippen molar-refractivity contribution in [3.63, 3.8) is 0 Å². The molecule has 1 saturated carbocycles. The lowest BCUT2D eigenvalue weighted by Crippen LogP contribution is -2.23. The molecule has 1 unspecified atom stereocenters. The molecule has 148 valence electrons. The number of unbranched alkanes of at least 4 members (excludes halogenated alkanes) is 5. The number of carbonyl (C=O) groups excluding carboxylic acids is 2. The molecule has 2 N–H and O–H groups in total. The van der Waals surface area contributed by atoms with Crippen LogP contribution < -0.4 is 0 Å². The molecule has 0 aliphatic heterocycles. The first-order valence-electron chi connectivity index (χ1n) is 10.3. The topological polar surface area (TPSA) is 74.6 Å². The number of ketones is 2. The van der Waals surface area contributed by atoms with E-state index in [0.29, 0.717) is 24.5 Å². The first kappa shape index (κ1) is 22.8. The number of Topliss-reactive ketones (excluding diaryl/α,β-unsaturated/α-hetero) is 2. The van der Waals surface area contributed by atoms with Crippen LogP contribution in [0.2, 0.25) is 0 Å². The molecule has 0 radical (unpaired) electrons. The van der Waals surface area contributed by atoms with Crippen molar-refractivity contribution >= 4 is 11.6 Å². The highest BCUT2D eigenvalue weighted by atomic mass is 16.3. The highest BCUT2D eigenvalue weighted by Gasteiger charge is 2.31. The first-order valence-corrected chi connectivity index (χ1v) is 10.3. The summed E-state index contributed by atoms with van der Waals surface area (Å²) in [4.78, 5) is 23.5. The molecule has 0 amide bonds. The van der Waals surface area contributed by atoms with Crippen molar-refractivity contribution in [2.24, 2.45) is 11.8 Å². The van der Waals surface area contributed by atoms with Gasteiger partial charge in [0.05, 0.1) is 6.61 Å². The third-order valence-corrected chi connectivity index (χ3v) is 5.16. The lowest BCUT2D eigenvalue weighted by atomic mass is 9.91. The smallest absolute Gasteiger partial charge is 0.163 e. The second-order valence-corrected chi connectivity index (χ2v) is 7.32. The number of aliphatic hydroxyl groups excluding tert-OH is 2. The normalized spacial score (nSPS) is 21.9. The Morgan fingerprint density at radius 2 is 1.92 bits per heavy atom. The minimum Gasteiger partial charge on any atom is -0.393 e. The SMILES string of the molecule is CCCCCCC=C[C@H]1CCC(=O)[C@@H]1CC=CCCCC(=O)C(O)CO. The third-order valence-electron chi connectivity index (χ3n) is 5.16. The lowest BCUT2D eigenvalue weighted by molar-refractivity contribution is -0.129. The fourth-order valence-corrected chi connectivity index (χ4v) is 3.45. The van der Waals surface area contributed by atoms with Gasteiger partial charge in [-0.3, -0.25) is 9.59 Å². The predicted molar refractivity (Wildman–Crippen MR) is 105 cm³/mol. The van der Waals surface area contributed by atoms with E-state index >= 15 is 0 Å². The fraction of sp³-hybridized carbons (Fsp3) is 0.727. The Balaban J connectivity index is 2.26. The number of hydrogen-bond acceptors (Lipinski definition) is 4. The molecule has 0 bridgehead atoms. The van der Waals surface area contributed by atoms with Crippen LogP contribution in [0.3, 0.4) is 0 Å². The molecule has 0 saturated heterocycles. The molecule has 1 aliphatic rings. The summed E-state index contributed by atoms with van der Waals surface area (Å²) in [6, 6.07) is 0. The van der Waals surface area contributed by atoms with Gasteiger partial charge in [-0.2, -0.15) is 0 Å². The van der Waals surface area contributed by atoms with Crippen LogP contribution in [0.15, 0.2) is 24.3 Å². The largest absolute Gasteiger partial charge is 0.393 e. The second kappa shape index (κ2) is 13.9. The van der Waals surface area contributed by atoms with Gasteiger partial charge in [0.25, 0.3) is 0 Å². The van der Waals surface area contributed by atoms with E-state index in [1.165, 1.54) is 25.7 Å². The molecule has 26 heavy (non-hydrogen) atoms. The van der Waals surface area contributed by atoms with Crippen LogP contribution >= 0.6 is 0 Å². The van der Waals surface area contributed by atoms with Gasteiger partial charge in [0, 0.05) is 18.8 Å². The van der Waals surface area contributed by atoms with Crippen LogP contribution in [0.25, 0.3) is 0 Å². The first-order chi connectivity index (χ1) is 12.6. The van der Waals surface area contributed by atoms with E-state index in [2.05, 4.69) is 25.2 Å². The standard InChI is InChI=1S/C22H36O4/c1-2-3-4-5-6-9-12-18-15-16-20(24)19(18)13-10-7-8-11-14-21(25)22(26)17-23/h7,9-10,12,18-19,22-23,26H,2-6,8,11,13-17H2,1H3/t18-,19+,22?/m0/s1. The molecule has 0 aromatic heterocycles. The Kier molecular flexibility index (Phi) is 12.2. The Hall–Kier alpha value is -1.26. The van der Waals surface area contributed by atoms with Gasteiger partial charge in [-0.05, 0) is 44.4 Å². The van der Waals surface area contributed by atoms with Crippen molar-refractivity contribution < 1.29 is 19.8 Å². The number of allylic oxidation sites excluding steroid dienone is 4. The summed E-state index contributed by atoms with van der Waals surface area (Å²) in [6.07, 6.45) is 17.7. The van der Waals surface area contributed by atoms with Crippen LogP contribution in [0.1, 0.15) is 77.6 Å². The number of hydrogen-bond donors (Lipinski definition) is 2. The fourth-order valence-electron chi connectivity index (χ4n) is 3.45. The van der Waals surface area contributed by atoms with Crippen molar-refractivity contribution in [1.82, 2.24) is 0 Å². The molecule has 1 rings (SSSR count). The minimum atomic E-state index is -1.25. The molecular formula is C22H36O4. The summed E-state index contributed by atoms with van der Waals surface area (Å²) < 4.78 is 0. The van der Waals surface area contributed by atoms with Gasteiger partial charge in [0.15, 0.2) is 5.78 Å². The van der Waals surface area contributed by atoms with Crippen molar-refractivity contribution in [2.45, 2.75) is 83.7 Å². The third kappa shape index (κ3) is 8.91. The maximum absolute atomic E-state index is 12.1. The van der Waals surface area contributed by atoms with Crippen LogP contribution in [0.5, 0.6) is 0 Å².